The van der Waals surface area contributed by atoms with Crippen LogP contribution in [0.4, 0.5) is 0 Å². The molecular weight excluding hydrogens is 136 g/mol. The van der Waals surface area contributed by atoms with E-state index in [9.17, 15) is 0 Å². The second kappa shape index (κ2) is 6.13. The van der Waals surface area contributed by atoms with Crippen molar-refractivity contribution in [3.8, 4) is 0 Å². The minimum Gasteiger partial charge on any atom is -0.290 e. The normalized spacial score (nSPS) is 10.5. The minimum absolute atomic E-state index is 0.932. The van der Waals surface area contributed by atoms with Crippen molar-refractivity contribution in [3.05, 3.63) is 25.3 Å². The Morgan fingerprint density at radius 1 is 1.00 bits per heavy atom. The molecule has 0 amide bonds. The Morgan fingerprint density at radius 3 is 1.64 bits per heavy atom. The molecule has 0 radical (unpaired) electrons. The zero-order chi connectivity index (χ0) is 8.69. The predicted octanol–water partition coefficient (Wildman–Crippen LogP) is 1.18. The standard InChI is InChI=1S/C9H18N2/c1-5-7-10(3)9-11(4)8-6-2/h5-6H,1-2,7-9H2,3-4H3. The van der Waals surface area contributed by atoms with E-state index in [1.807, 2.05) is 12.2 Å². The first-order valence-corrected chi connectivity index (χ1v) is 3.79. The molecule has 0 rings (SSSR count). The van der Waals surface area contributed by atoms with Gasteiger partial charge in [-0.2, -0.15) is 0 Å². The van der Waals surface area contributed by atoms with Crippen molar-refractivity contribution < 1.29 is 0 Å². The van der Waals surface area contributed by atoms with Gasteiger partial charge in [-0.3, -0.25) is 9.80 Å². The van der Waals surface area contributed by atoms with Crippen molar-refractivity contribution in [2.75, 3.05) is 33.9 Å². The van der Waals surface area contributed by atoms with Crippen LogP contribution in [0.5, 0.6) is 0 Å². The van der Waals surface area contributed by atoms with Crippen LogP contribution in [0.1, 0.15) is 0 Å². The number of rotatable bonds is 6. The summed E-state index contributed by atoms with van der Waals surface area (Å²) in [6.07, 6.45) is 3.81. The predicted molar refractivity (Wildman–Crippen MR) is 50.5 cm³/mol. The molecule has 0 aliphatic heterocycles. The van der Waals surface area contributed by atoms with Crippen molar-refractivity contribution in [2.45, 2.75) is 0 Å². The molecule has 0 saturated carbocycles. The van der Waals surface area contributed by atoms with Crippen LogP contribution in [0.3, 0.4) is 0 Å². The minimum atomic E-state index is 0.932. The Labute approximate surface area is 69.8 Å². The monoisotopic (exact) mass is 154 g/mol. The van der Waals surface area contributed by atoms with Crippen molar-refractivity contribution in [1.82, 2.24) is 9.80 Å². The molecule has 0 aromatic carbocycles. The van der Waals surface area contributed by atoms with E-state index in [0.29, 0.717) is 0 Å². The van der Waals surface area contributed by atoms with Crippen LogP contribution >= 0.6 is 0 Å². The summed E-state index contributed by atoms with van der Waals surface area (Å²) >= 11 is 0. The molecule has 0 saturated heterocycles. The van der Waals surface area contributed by atoms with Crippen LogP contribution in [0.15, 0.2) is 25.3 Å². The first-order chi connectivity index (χ1) is 5.20. The zero-order valence-corrected chi connectivity index (χ0v) is 7.58. The maximum Gasteiger partial charge on any atom is 0.0506 e. The van der Waals surface area contributed by atoms with E-state index in [1.54, 1.807) is 0 Å². The second-order valence-electron chi connectivity index (χ2n) is 2.80. The average molecular weight is 154 g/mol. The lowest BCUT2D eigenvalue weighted by atomic mass is 10.5. The fourth-order valence-corrected chi connectivity index (χ4v) is 0.968. The maximum absolute atomic E-state index is 3.67. The summed E-state index contributed by atoms with van der Waals surface area (Å²) in [7, 11) is 4.14. The SMILES string of the molecule is C=CCN(C)CN(C)CC=C. The molecule has 0 atom stereocenters. The van der Waals surface area contributed by atoms with Gasteiger partial charge in [-0.1, -0.05) is 12.2 Å². The Balaban J connectivity index is 3.46. The van der Waals surface area contributed by atoms with Gasteiger partial charge in [-0.05, 0) is 14.1 Å². The van der Waals surface area contributed by atoms with E-state index in [2.05, 4.69) is 37.1 Å². The summed E-state index contributed by atoms with van der Waals surface area (Å²) in [6.45, 7) is 10.2. The van der Waals surface area contributed by atoms with Gasteiger partial charge in [0.05, 0.1) is 6.67 Å². The summed E-state index contributed by atoms with van der Waals surface area (Å²) in [5.74, 6) is 0. The Bertz CT molecular complexity index is 107. The van der Waals surface area contributed by atoms with Gasteiger partial charge in [0.25, 0.3) is 0 Å². The highest BCUT2D eigenvalue weighted by molar-refractivity contribution is 4.73. The highest BCUT2D eigenvalue weighted by atomic mass is 15.3. The largest absolute Gasteiger partial charge is 0.290 e. The van der Waals surface area contributed by atoms with Gasteiger partial charge in [-0.15, -0.1) is 13.2 Å². The van der Waals surface area contributed by atoms with Gasteiger partial charge in [0.1, 0.15) is 0 Å². The first-order valence-electron chi connectivity index (χ1n) is 3.79. The van der Waals surface area contributed by atoms with Crippen LogP contribution in [0, 0.1) is 0 Å². The Hall–Kier alpha value is -0.600. The van der Waals surface area contributed by atoms with E-state index in [0.717, 1.165) is 19.8 Å². The van der Waals surface area contributed by atoms with Crippen LogP contribution in [0.2, 0.25) is 0 Å². The summed E-state index contributed by atoms with van der Waals surface area (Å²) in [4.78, 5) is 4.38. The number of hydrogen-bond acceptors (Lipinski definition) is 2. The average Bonchev–Trinajstić information content (AvgIpc) is 1.87. The number of likely N-dealkylation sites (N-methyl/N-ethyl adjacent to an activating group) is 2. The highest BCUT2D eigenvalue weighted by Crippen LogP contribution is 1.87. The van der Waals surface area contributed by atoms with E-state index >= 15 is 0 Å². The van der Waals surface area contributed by atoms with E-state index in [1.165, 1.54) is 0 Å². The molecule has 2 heteroatoms. The molecule has 0 spiro atoms. The molecule has 2 nitrogen and oxygen atoms in total. The molecule has 0 aromatic rings. The summed E-state index contributed by atoms with van der Waals surface area (Å²) in [5, 5.41) is 0. The smallest absolute Gasteiger partial charge is 0.0506 e. The van der Waals surface area contributed by atoms with E-state index < -0.39 is 0 Å². The number of hydrogen-bond donors (Lipinski definition) is 0. The van der Waals surface area contributed by atoms with Crippen LogP contribution in [0.25, 0.3) is 0 Å². The van der Waals surface area contributed by atoms with Crippen LogP contribution in [-0.4, -0.2) is 43.7 Å². The zero-order valence-electron chi connectivity index (χ0n) is 7.58. The molecular formula is C9H18N2. The van der Waals surface area contributed by atoms with Gasteiger partial charge >= 0.3 is 0 Å². The van der Waals surface area contributed by atoms with Crippen molar-refractivity contribution >= 4 is 0 Å². The van der Waals surface area contributed by atoms with Crippen molar-refractivity contribution in [1.29, 1.82) is 0 Å². The molecule has 11 heavy (non-hydrogen) atoms. The van der Waals surface area contributed by atoms with Gasteiger partial charge in [0.2, 0.25) is 0 Å². The molecule has 0 bridgehead atoms. The molecule has 0 aliphatic rings. The lowest BCUT2D eigenvalue weighted by molar-refractivity contribution is 0.211. The lowest BCUT2D eigenvalue weighted by Crippen LogP contribution is -2.32. The fraction of sp³-hybridized carbons (Fsp3) is 0.556. The van der Waals surface area contributed by atoms with Gasteiger partial charge < -0.3 is 0 Å². The first kappa shape index (κ1) is 10.4. The maximum atomic E-state index is 3.67. The summed E-state index contributed by atoms with van der Waals surface area (Å²) in [5.41, 5.74) is 0. The topological polar surface area (TPSA) is 6.48 Å². The lowest BCUT2D eigenvalue weighted by Gasteiger charge is -2.21. The summed E-state index contributed by atoms with van der Waals surface area (Å²) in [6, 6.07) is 0. The third kappa shape index (κ3) is 5.83. The third-order valence-corrected chi connectivity index (χ3v) is 1.36. The van der Waals surface area contributed by atoms with Crippen molar-refractivity contribution in [3.63, 3.8) is 0 Å². The molecule has 0 unspecified atom stereocenters. The van der Waals surface area contributed by atoms with Crippen LogP contribution in [-0.2, 0) is 0 Å². The van der Waals surface area contributed by atoms with Crippen LogP contribution < -0.4 is 0 Å². The molecule has 64 valence electrons. The van der Waals surface area contributed by atoms with E-state index in [-0.39, 0.29) is 0 Å². The third-order valence-electron chi connectivity index (χ3n) is 1.36. The fourth-order valence-electron chi connectivity index (χ4n) is 0.968. The highest BCUT2D eigenvalue weighted by Gasteiger charge is 1.98. The van der Waals surface area contributed by atoms with Crippen molar-refractivity contribution in [2.24, 2.45) is 0 Å². The molecule has 0 aliphatic carbocycles. The Kier molecular flexibility index (Phi) is 5.80. The van der Waals surface area contributed by atoms with Gasteiger partial charge in [0.15, 0.2) is 0 Å². The van der Waals surface area contributed by atoms with E-state index in [4.69, 9.17) is 0 Å². The molecule has 0 aromatic heterocycles. The number of nitrogens with zero attached hydrogens (tertiary/aromatic N) is 2. The summed E-state index contributed by atoms with van der Waals surface area (Å²) < 4.78 is 0. The quantitative estimate of drug-likeness (QED) is 0.419. The van der Waals surface area contributed by atoms with Gasteiger partial charge in [-0.25, -0.2) is 0 Å². The Morgan fingerprint density at radius 2 is 1.36 bits per heavy atom. The molecule has 0 heterocycles. The molecule has 0 fully saturated rings. The van der Waals surface area contributed by atoms with Gasteiger partial charge in [0, 0.05) is 13.1 Å². The molecule has 0 N–H and O–H groups in total. The second-order valence-corrected chi connectivity index (χ2v) is 2.80.